The fraction of sp³-hybridized carbons (Fsp3) is 0.200. The number of carbonyl (C=O) groups is 1. The smallest absolute Gasteiger partial charge is 0.417 e. The fourth-order valence-corrected chi connectivity index (χ4v) is 2.22. The van der Waals surface area contributed by atoms with Crippen LogP contribution >= 0.6 is 11.6 Å². The molecular weight excluding hydrogens is 349 g/mol. The molecule has 2 rings (SSSR count). The third-order valence-electron chi connectivity index (χ3n) is 3.03. The van der Waals surface area contributed by atoms with Crippen LogP contribution in [0, 0.1) is 0 Å². The molecule has 5 nitrogen and oxygen atoms in total. The molecule has 2 aromatic rings. The van der Waals surface area contributed by atoms with Gasteiger partial charge in [-0.2, -0.15) is 18.2 Å². The number of nitrogens with zero attached hydrogens (tertiary/aromatic N) is 1. The molecule has 1 N–H and O–H groups in total. The summed E-state index contributed by atoms with van der Waals surface area (Å²) in [5, 5.41) is 1.74. The topological polar surface area (TPSA) is 60.5 Å². The molecule has 1 aromatic carbocycles. The third-order valence-corrected chi connectivity index (χ3v) is 3.44. The van der Waals surface area contributed by atoms with Gasteiger partial charge >= 0.3 is 6.18 Å². The van der Waals surface area contributed by atoms with Gasteiger partial charge in [0.2, 0.25) is 11.8 Å². The van der Waals surface area contributed by atoms with E-state index in [2.05, 4.69) is 10.3 Å². The molecule has 0 spiro atoms. The molecule has 0 aliphatic heterocycles. The maximum absolute atomic E-state index is 12.9. The summed E-state index contributed by atoms with van der Waals surface area (Å²) in [5.74, 6) is -0.524. The van der Waals surface area contributed by atoms with E-state index >= 15 is 0 Å². The lowest BCUT2D eigenvalue weighted by atomic mass is 10.1. The number of rotatable bonds is 4. The lowest BCUT2D eigenvalue weighted by Gasteiger charge is -2.13. The van der Waals surface area contributed by atoms with Crippen LogP contribution in [0.3, 0.4) is 0 Å². The normalized spacial score (nSPS) is 11.1. The van der Waals surface area contributed by atoms with Gasteiger partial charge < -0.3 is 14.8 Å². The second kappa shape index (κ2) is 6.96. The highest BCUT2D eigenvalue weighted by Crippen LogP contribution is 2.36. The highest BCUT2D eigenvalue weighted by atomic mass is 35.5. The molecule has 1 heterocycles. The van der Waals surface area contributed by atoms with Crippen LogP contribution in [0.1, 0.15) is 15.9 Å². The molecule has 0 unspecified atom stereocenters. The van der Waals surface area contributed by atoms with E-state index in [4.69, 9.17) is 21.1 Å². The first-order valence-electron chi connectivity index (χ1n) is 6.54. The average molecular weight is 361 g/mol. The van der Waals surface area contributed by atoms with E-state index in [-0.39, 0.29) is 23.0 Å². The summed E-state index contributed by atoms with van der Waals surface area (Å²) in [4.78, 5) is 16.2. The Hall–Kier alpha value is -2.48. The zero-order valence-electron chi connectivity index (χ0n) is 12.6. The van der Waals surface area contributed by atoms with Gasteiger partial charge in [0.1, 0.15) is 5.69 Å². The second-order valence-corrected chi connectivity index (χ2v) is 4.91. The van der Waals surface area contributed by atoms with Gasteiger partial charge in [0.05, 0.1) is 30.4 Å². The van der Waals surface area contributed by atoms with Gasteiger partial charge in [-0.3, -0.25) is 4.79 Å². The molecular formula is C15H12ClF3N2O3. The second-order valence-electron chi connectivity index (χ2n) is 4.53. The molecule has 0 aliphatic rings. The number of aromatic nitrogens is 1. The van der Waals surface area contributed by atoms with Crippen molar-refractivity contribution in [3.63, 3.8) is 0 Å². The average Bonchev–Trinajstić information content (AvgIpc) is 2.54. The van der Waals surface area contributed by atoms with Gasteiger partial charge in [0.15, 0.2) is 0 Å². The van der Waals surface area contributed by atoms with Gasteiger partial charge in [-0.1, -0.05) is 17.7 Å². The molecule has 9 heteroatoms. The zero-order chi connectivity index (χ0) is 17.9. The van der Waals surface area contributed by atoms with E-state index < -0.39 is 22.7 Å². The van der Waals surface area contributed by atoms with Crippen molar-refractivity contribution in [1.29, 1.82) is 0 Å². The van der Waals surface area contributed by atoms with E-state index in [1.54, 1.807) is 0 Å². The maximum atomic E-state index is 12.9. The molecule has 1 aromatic heterocycles. The van der Waals surface area contributed by atoms with E-state index in [1.807, 2.05) is 0 Å². The van der Waals surface area contributed by atoms with Crippen LogP contribution in [-0.2, 0) is 6.18 Å². The third kappa shape index (κ3) is 3.70. The Labute approximate surface area is 140 Å². The minimum atomic E-state index is -4.66. The highest BCUT2D eigenvalue weighted by molar-refractivity contribution is 6.35. The maximum Gasteiger partial charge on any atom is 0.417 e. The van der Waals surface area contributed by atoms with Crippen LogP contribution in [0.4, 0.5) is 18.9 Å². The highest BCUT2D eigenvalue weighted by Gasteiger charge is 2.34. The number of halogens is 4. The number of carbonyl (C=O) groups excluding carboxylic acids is 1. The number of nitrogens with one attached hydrogen (secondary N) is 1. The van der Waals surface area contributed by atoms with Gasteiger partial charge in [0, 0.05) is 6.07 Å². The van der Waals surface area contributed by atoms with Crippen molar-refractivity contribution in [3.05, 3.63) is 46.5 Å². The molecule has 0 fully saturated rings. The molecule has 1 amide bonds. The Balaban J connectivity index is 2.35. The summed E-state index contributed by atoms with van der Waals surface area (Å²) in [7, 11) is 2.73. The van der Waals surface area contributed by atoms with Gasteiger partial charge in [-0.05, 0) is 18.2 Å². The number of ether oxygens (including phenoxy) is 2. The molecule has 0 aliphatic carbocycles. The summed E-state index contributed by atoms with van der Waals surface area (Å²) >= 11 is 5.73. The van der Waals surface area contributed by atoms with Gasteiger partial charge in [0.25, 0.3) is 5.91 Å². The molecule has 0 saturated heterocycles. The van der Waals surface area contributed by atoms with E-state index in [1.165, 1.54) is 32.4 Å². The van der Waals surface area contributed by atoms with Crippen LogP contribution < -0.4 is 14.8 Å². The number of pyridine rings is 1. The molecule has 0 radical (unpaired) electrons. The Bertz CT molecular complexity index is 766. The summed E-state index contributed by atoms with van der Waals surface area (Å²) in [6.45, 7) is 0. The summed E-state index contributed by atoms with van der Waals surface area (Å²) < 4.78 is 48.5. The van der Waals surface area contributed by atoms with E-state index in [0.717, 1.165) is 12.1 Å². The minimum Gasteiger partial charge on any atom is -0.481 e. The molecule has 0 saturated carbocycles. The summed E-state index contributed by atoms with van der Waals surface area (Å²) in [5.41, 5.74) is -1.24. The Morgan fingerprint density at radius 3 is 2.46 bits per heavy atom. The number of amides is 1. The van der Waals surface area contributed by atoms with Gasteiger partial charge in [-0.15, -0.1) is 0 Å². The minimum absolute atomic E-state index is 0.0470. The number of anilines is 1. The predicted molar refractivity (Wildman–Crippen MR) is 81.7 cm³/mol. The molecule has 0 atom stereocenters. The monoisotopic (exact) mass is 360 g/mol. The van der Waals surface area contributed by atoms with Crippen molar-refractivity contribution in [2.45, 2.75) is 6.18 Å². The van der Waals surface area contributed by atoms with Crippen molar-refractivity contribution < 1.29 is 27.4 Å². The Kier molecular flexibility index (Phi) is 5.18. The number of alkyl halides is 3. The summed E-state index contributed by atoms with van der Waals surface area (Å²) in [6, 6.07) is 6.01. The van der Waals surface area contributed by atoms with Gasteiger partial charge in [-0.25, -0.2) is 0 Å². The number of hydrogen-bond acceptors (Lipinski definition) is 4. The molecule has 24 heavy (non-hydrogen) atoms. The number of hydrogen-bond donors (Lipinski definition) is 1. The van der Waals surface area contributed by atoms with Crippen LogP contribution in [-0.4, -0.2) is 25.1 Å². The van der Waals surface area contributed by atoms with Crippen molar-refractivity contribution >= 4 is 23.2 Å². The Morgan fingerprint density at radius 1 is 1.17 bits per heavy atom. The standard InChI is InChI=1S/C15H12ClF3N2O3/c1-23-11-7-6-10(14(21-11)24-2)20-13(22)8-4-3-5-9(12(8)16)15(17,18)19/h3-7H,1-2H3,(H,20,22). The quantitative estimate of drug-likeness (QED) is 0.894. The lowest BCUT2D eigenvalue weighted by Crippen LogP contribution is -2.16. The van der Waals surface area contributed by atoms with Crippen molar-refractivity contribution in [2.24, 2.45) is 0 Å². The first-order chi connectivity index (χ1) is 11.3. The first kappa shape index (κ1) is 17.9. The molecule has 0 bridgehead atoms. The number of benzene rings is 1. The summed E-state index contributed by atoms with van der Waals surface area (Å²) in [6.07, 6.45) is -4.66. The lowest BCUT2D eigenvalue weighted by molar-refractivity contribution is -0.137. The van der Waals surface area contributed by atoms with Crippen LogP contribution in [0.5, 0.6) is 11.8 Å². The van der Waals surface area contributed by atoms with E-state index in [9.17, 15) is 18.0 Å². The SMILES string of the molecule is COc1ccc(NC(=O)c2cccc(C(F)(F)F)c2Cl)c(OC)n1. The number of methoxy groups -OCH3 is 2. The Morgan fingerprint density at radius 2 is 1.88 bits per heavy atom. The van der Waals surface area contributed by atoms with Crippen molar-refractivity contribution in [3.8, 4) is 11.8 Å². The molecule has 128 valence electrons. The van der Waals surface area contributed by atoms with Crippen LogP contribution in [0.25, 0.3) is 0 Å². The predicted octanol–water partition coefficient (Wildman–Crippen LogP) is 4.02. The van der Waals surface area contributed by atoms with Crippen molar-refractivity contribution in [2.75, 3.05) is 19.5 Å². The van der Waals surface area contributed by atoms with E-state index in [0.29, 0.717) is 0 Å². The van der Waals surface area contributed by atoms with Crippen LogP contribution in [0.15, 0.2) is 30.3 Å². The largest absolute Gasteiger partial charge is 0.481 e. The van der Waals surface area contributed by atoms with Crippen LogP contribution in [0.2, 0.25) is 5.02 Å². The zero-order valence-corrected chi connectivity index (χ0v) is 13.3. The first-order valence-corrected chi connectivity index (χ1v) is 6.91. The van der Waals surface area contributed by atoms with Crippen molar-refractivity contribution in [1.82, 2.24) is 4.98 Å². The fourth-order valence-electron chi connectivity index (χ4n) is 1.90.